The number of aliphatic carboxylic acids is 1. The first-order valence-corrected chi connectivity index (χ1v) is 6.82. The molecule has 114 valence electrons. The van der Waals surface area contributed by atoms with E-state index in [0.717, 1.165) is 0 Å². The number of hydrogen-bond acceptors (Lipinski definition) is 5. The summed E-state index contributed by atoms with van der Waals surface area (Å²) in [5, 5.41) is 19.9. The van der Waals surface area contributed by atoms with Gasteiger partial charge in [0, 0.05) is 36.8 Å². The summed E-state index contributed by atoms with van der Waals surface area (Å²) in [6, 6.07) is 4.63. The Bertz CT molecular complexity index is 554. The van der Waals surface area contributed by atoms with Crippen LogP contribution >= 0.6 is 0 Å². The van der Waals surface area contributed by atoms with Gasteiger partial charge in [-0.2, -0.15) is 0 Å². The zero-order chi connectivity index (χ0) is 15.6. The van der Waals surface area contributed by atoms with Crippen LogP contribution in [-0.4, -0.2) is 35.7 Å². The molecule has 1 N–H and O–H groups in total. The quantitative estimate of drug-likeness (QED) is 0.638. The smallest absolute Gasteiger partial charge is 0.306 e. The van der Waals surface area contributed by atoms with Crippen LogP contribution in [0.25, 0.3) is 0 Å². The van der Waals surface area contributed by atoms with E-state index in [-0.39, 0.29) is 11.6 Å². The fourth-order valence-electron chi connectivity index (χ4n) is 2.35. The number of nitro benzene ring substituents is 1. The average Bonchev–Trinajstić information content (AvgIpc) is 2.36. The van der Waals surface area contributed by atoms with E-state index in [1.165, 1.54) is 12.1 Å². The maximum atomic E-state index is 11.0. The number of carbonyl (C=O) groups is 1. The van der Waals surface area contributed by atoms with E-state index in [0.29, 0.717) is 31.1 Å². The lowest BCUT2D eigenvalue weighted by Gasteiger charge is -2.42. The second-order valence-electron chi connectivity index (χ2n) is 5.17. The summed E-state index contributed by atoms with van der Waals surface area (Å²) in [5.74, 6) is -0.700. The molecule has 0 radical (unpaired) electrons. The van der Waals surface area contributed by atoms with Gasteiger partial charge in [-0.25, -0.2) is 0 Å². The number of ether oxygens (including phenoxy) is 1. The topological polar surface area (TPSA) is 92.9 Å². The first-order chi connectivity index (χ1) is 9.92. The number of carboxylic acid groups (broad SMARTS) is 1. The van der Waals surface area contributed by atoms with Crippen molar-refractivity contribution in [2.75, 3.05) is 24.6 Å². The molecule has 1 saturated heterocycles. The van der Waals surface area contributed by atoms with Crippen molar-refractivity contribution < 1.29 is 19.6 Å². The van der Waals surface area contributed by atoms with E-state index < -0.39 is 16.8 Å². The number of carboxylic acids is 1. The van der Waals surface area contributed by atoms with E-state index >= 15 is 0 Å². The molecule has 1 fully saturated rings. The number of nitro groups is 1. The summed E-state index contributed by atoms with van der Waals surface area (Å²) < 4.78 is 5.34. The van der Waals surface area contributed by atoms with Gasteiger partial charge < -0.3 is 14.7 Å². The molecule has 7 nitrogen and oxygen atoms in total. The average molecular weight is 294 g/mol. The summed E-state index contributed by atoms with van der Waals surface area (Å²) in [6.45, 7) is 5.09. The van der Waals surface area contributed by atoms with E-state index in [4.69, 9.17) is 9.84 Å². The standard InChI is InChI=1S/C14H18N2O5/c1-3-21-13-5-11(4-12(6-13)16(19)20)15-7-10(8-15)9(2)14(17)18/h4-6,9-10H,3,7-8H2,1-2H3,(H,17,18). The summed E-state index contributed by atoms with van der Waals surface area (Å²) in [6.07, 6.45) is 0. The lowest BCUT2D eigenvalue weighted by molar-refractivity contribution is -0.384. The molecule has 0 saturated carbocycles. The van der Waals surface area contributed by atoms with Crippen LogP contribution in [-0.2, 0) is 4.79 Å². The number of anilines is 1. The highest BCUT2D eigenvalue weighted by Crippen LogP contribution is 2.34. The Morgan fingerprint density at radius 1 is 1.52 bits per heavy atom. The van der Waals surface area contributed by atoms with Gasteiger partial charge in [-0.05, 0) is 6.92 Å². The molecule has 1 aromatic rings. The van der Waals surface area contributed by atoms with E-state index in [1.54, 1.807) is 13.0 Å². The van der Waals surface area contributed by atoms with Crippen molar-refractivity contribution in [3.05, 3.63) is 28.3 Å². The summed E-state index contributed by atoms with van der Waals surface area (Å²) in [7, 11) is 0. The third-order valence-electron chi connectivity index (χ3n) is 3.77. The molecule has 0 spiro atoms. The van der Waals surface area contributed by atoms with Gasteiger partial charge in [0.05, 0.1) is 23.5 Å². The molecule has 21 heavy (non-hydrogen) atoms. The molecular weight excluding hydrogens is 276 g/mol. The van der Waals surface area contributed by atoms with Crippen LogP contribution in [0.5, 0.6) is 5.75 Å². The molecule has 1 unspecified atom stereocenters. The number of nitrogens with zero attached hydrogens (tertiary/aromatic N) is 2. The fraction of sp³-hybridized carbons (Fsp3) is 0.500. The van der Waals surface area contributed by atoms with Crippen molar-refractivity contribution in [2.24, 2.45) is 11.8 Å². The van der Waals surface area contributed by atoms with E-state index in [1.807, 2.05) is 11.8 Å². The molecule has 1 aromatic carbocycles. The highest BCUT2D eigenvalue weighted by atomic mass is 16.6. The van der Waals surface area contributed by atoms with Crippen molar-refractivity contribution in [3.8, 4) is 5.75 Å². The summed E-state index contributed by atoms with van der Waals surface area (Å²) in [5.41, 5.74) is 0.673. The van der Waals surface area contributed by atoms with E-state index in [9.17, 15) is 14.9 Å². The van der Waals surface area contributed by atoms with Crippen LogP contribution in [0.2, 0.25) is 0 Å². The summed E-state index contributed by atoms with van der Waals surface area (Å²) >= 11 is 0. The Labute approximate surface area is 122 Å². The third kappa shape index (κ3) is 3.24. The Morgan fingerprint density at radius 2 is 2.19 bits per heavy atom. The maximum absolute atomic E-state index is 11.0. The number of non-ortho nitro benzene ring substituents is 1. The predicted molar refractivity (Wildman–Crippen MR) is 76.8 cm³/mol. The van der Waals surface area contributed by atoms with Crippen LogP contribution in [0.1, 0.15) is 13.8 Å². The van der Waals surface area contributed by atoms with Gasteiger partial charge in [0.25, 0.3) is 5.69 Å². The normalized spacial score (nSPS) is 16.2. The monoisotopic (exact) mass is 294 g/mol. The second kappa shape index (κ2) is 5.99. The van der Waals surface area contributed by atoms with Gasteiger partial charge in [0.15, 0.2) is 0 Å². The predicted octanol–water partition coefficient (Wildman–Crippen LogP) is 2.15. The summed E-state index contributed by atoms with van der Waals surface area (Å²) in [4.78, 5) is 23.4. The van der Waals surface area contributed by atoms with Crippen LogP contribution in [0.15, 0.2) is 18.2 Å². The highest BCUT2D eigenvalue weighted by molar-refractivity contribution is 5.71. The Balaban J connectivity index is 2.14. The molecule has 1 heterocycles. The molecule has 0 amide bonds. The minimum atomic E-state index is -0.811. The molecule has 0 aromatic heterocycles. The molecule has 1 atom stereocenters. The van der Waals surface area contributed by atoms with Gasteiger partial charge in [-0.15, -0.1) is 0 Å². The largest absolute Gasteiger partial charge is 0.494 e. The van der Waals surface area contributed by atoms with Gasteiger partial charge in [0.2, 0.25) is 0 Å². The second-order valence-corrected chi connectivity index (χ2v) is 5.17. The van der Waals surface area contributed by atoms with Crippen molar-refractivity contribution in [1.82, 2.24) is 0 Å². The Hall–Kier alpha value is -2.31. The van der Waals surface area contributed by atoms with Crippen molar-refractivity contribution in [1.29, 1.82) is 0 Å². The molecule has 1 aliphatic rings. The molecule has 2 rings (SSSR count). The minimum absolute atomic E-state index is 0.0225. The van der Waals surface area contributed by atoms with Gasteiger partial charge in [-0.1, -0.05) is 6.92 Å². The molecule has 0 bridgehead atoms. The first-order valence-electron chi connectivity index (χ1n) is 6.82. The van der Waals surface area contributed by atoms with Crippen molar-refractivity contribution >= 4 is 17.3 Å². The van der Waals surface area contributed by atoms with Crippen LogP contribution in [0.4, 0.5) is 11.4 Å². The SMILES string of the molecule is CCOc1cc(N2CC(C(C)C(=O)O)C2)cc([N+](=O)[O-])c1. The van der Waals surface area contributed by atoms with Gasteiger partial charge >= 0.3 is 5.97 Å². The molecule has 1 aliphatic heterocycles. The van der Waals surface area contributed by atoms with Gasteiger partial charge in [0.1, 0.15) is 5.75 Å². The fourth-order valence-corrected chi connectivity index (χ4v) is 2.35. The first kappa shape index (κ1) is 15.1. The van der Waals surface area contributed by atoms with Crippen LogP contribution < -0.4 is 9.64 Å². The highest BCUT2D eigenvalue weighted by Gasteiger charge is 2.35. The molecular formula is C14H18N2O5. The van der Waals surface area contributed by atoms with Gasteiger partial charge in [-0.3, -0.25) is 14.9 Å². The lowest BCUT2D eigenvalue weighted by Crippen LogP contribution is -2.51. The van der Waals surface area contributed by atoms with Crippen LogP contribution in [0.3, 0.4) is 0 Å². The Kier molecular flexibility index (Phi) is 4.30. The third-order valence-corrected chi connectivity index (χ3v) is 3.77. The molecule has 0 aliphatic carbocycles. The Morgan fingerprint density at radius 3 is 2.71 bits per heavy atom. The maximum Gasteiger partial charge on any atom is 0.306 e. The number of rotatable bonds is 6. The van der Waals surface area contributed by atoms with Crippen molar-refractivity contribution in [3.63, 3.8) is 0 Å². The molecule has 7 heteroatoms. The number of benzene rings is 1. The zero-order valence-electron chi connectivity index (χ0n) is 12.0. The number of hydrogen-bond donors (Lipinski definition) is 1. The van der Waals surface area contributed by atoms with Crippen molar-refractivity contribution in [2.45, 2.75) is 13.8 Å². The zero-order valence-corrected chi connectivity index (χ0v) is 12.0. The van der Waals surface area contributed by atoms with E-state index in [2.05, 4.69) is 0 Å². The lowest BCUT2D eigenvalue weighted by atomic mass is 9.86. The van der Waals surface area contributed by atoms with Crippen LogP contribution in [0, 0.1) is 22.0 Å². The minimum Gasteiger partial charge on any atom is -0.494 e.